The minimum Gasteiger partial charge on any atom is -0.258 e. The van der Waals surface area contributed by atoms with E-state index in [0.29, 0.717) is 0 Å². The molecule has 0 heterocycles. The number of nitrogens with zero attached hydrogens (tertiary/aromatic N) is 1. The Labute approximate surface area is 59.9 Å². The SMILES string of the molecule is [2H]c1cc([N+](=O)[O-])ccc1C. The first-order chi connectivity index (χ1) is 5.11. The van der Waals surface area contributed by atoms with Crippen molar-refractivity contribution in [2.45, 2.75) is 6.92 Å². The first-order valence-electron chi connectivity index (χ1n) is 3.33. The molecule has 0 atom stereocenters. The number of hydrogen-bond acceptors (Lipinski definition) is 2. The van der Waals surface area contributed by atoms with Crippen molar-refractivity contribution in [2.24, 2.45) is 0 Å². The average Bonchev–Trinajstić information content (AvgIpc) is 1.94. The maximum Gasteiger partial charge on any atom is 0.269 e. The van der Waals surface area contributed by atoms with Gasteiger partial charge in [-0.2, -0.15) is 0 Å². The molecular weight excluding hydrogens is 130 g/mol. The van der Waals surface area contributed by atoms with E-state index in [0.717, 1.165) is 5.56 Å². The molecule has 0 aliphatic rings. The zero-order valence-corrected chi connectivity index (χ0v) is 5.50. The molecule has 0 fully saturated rings. The van der Waals surface area contributed by atoms with Crippen molar-refractivity contribution in [1.29, 1.82) is 0 Å². The highest BCUT2D eigenvalue weighted by Gasteiger charge is 2.00. The molecule has 0 saturated heterocycles. The van der Waals surface area contributed by atoms with E-state index in [-0.39, 0.29) is 11.7 Å². The normalized spacial score (nSPS) is 10.7. The van der Waals surface area contributed by atoms with Crippen LogP contribution in [0.25, 0.3) is 0 Å². The fourth-order valence-electron chi connectivity index (χ4n) is 0.608. The topological polar surface area (TPSA) is 43.1 Å². The zero-order chi connectivity index (χ0) is 8.43. The van der Waals surface area contributed by atoms with E-state index in [4.69, 9.17) is 1.37 Å². The van der Waals surface area contributed by atoms with Gasteiger partial charge in [0, 0.05) is 12.1 Å². The highest BCUT2D eigenvalue weighted by atomic mass is 16.6. The van der Waals surface area contributed by atoms with Gasteiger partial charge in [0.25, 0.3) is 5.69 Å². The summed E-state index contributed by atoms with van der Waals surface area (Å²) in [5, 5.41) is 10.2. The standard InChI is InChI=1S/C7H7NO2/c1-6-2-4-7(5-3-6)8(9)10/h2-5H,1H3/i2D. The molecule has 1 aromatic carbocycles. The van der Waals surface area contributed by atoms with Crippen LogP contribution in [-0.2, 0) is 0 Å². The highest BCUT2D eigenvalue weighted by Crippen LogP contribution is 2.10. The number of rotatable bonds is 1. The summed E-state index contributed by atoms with van der Waals surface area (Å²) in [6.45, 7) is 1.74. The van der Waals surface area contributed by atoms with Gasteiger partial charge in [-0.15, -0.1) is 0 Å². The summed E-state index contributed by atoms with van der Waals surface area (Å²) < 4.78 is 7.25. The predicted octanol–water partition coefficient (Wildman–Crippen LogP) is 1.90. The molecule has 0 bridgehead atoms. The largest absolute Gasteiger partial charge is 0.269 e. The lowest BCUT2D eigenvalue weighted by atomic mass is 10.2. The Hall–Kier alpha value is -1.38. The minimum absolute atomic E-state index is 0.0272. The molecule has 3 nitrogen and oxygen atoms in total. The third-order valence-corrected chi connectivity index (χ3v) is 1.16. The van der Waals surface area contributed by atoms with E-state index in [1.54, 1.807) is 13.0 Å². The zero-order valence-electron chi connectivity index (χ0n) is 6.50. The first-order valence-corrected chi connectivity index (χ1v) is 2.83. The fourth-order valence-corrected chi connectivity index (χ4v) is 0.608. The van der Waals surface area contributed by atoms with Crippen LogP contribution in [0.4, 0.5) is 5.69 Å². The second-order valence-corrected chi connectivity index (χ2v) is 1.99. The van der Waals surface area contributed by atoms with Crippen LogP contribution in [0.2, 0.25) is 0 Å². The van der Waals surface area contributed by atoms with E-state index in [1.165, 1.54) is 12.1 Å². The van der Waals surface area contributed by atoms with Crippen LogP contribution in [0.15, 0.2) is 24.2 Å². The quantitative estimate of drug-likeness (QED) is 0.439. The predicted molar refractivity (Wildman–Crippen MR) is 37.8 cm³/mol. The number of hydrogen-bond donors (Lipinski definition) is 0. The summed E-state index contributed by atoms with van der Waals surface area (Å²) in [5.41, 5.74) is 0.719. The first kappa shape index (κ1) is 5.41. The maximum atomic E-state index is 10.2. The smallest absolute Gasteiger partial charge is 0.258 e. The molecule has 3 heteroatoms. The van der Waals surface area contributed by atoms with Gasteiger partial charge < -0.3 is 0 Å². The van der Waals surface area contributed by atoms with Gasteiger partial charge in [0.2, 0.25) is 0 Å². The van der Waals surface area contributed by atoms with E-state index in [1.807, 2.05) is 0 Å². The maximum absolute atomic E-state index is 10.2. The molecule has 0 N–H and O–H groups in total. The summed E-state index contributed by atoms with van der Waals surface area (Å²) in [6.07, 6.45) is 0. The second-order valence-electron chi connectivity index (χ2n) is 1.99. The van der Waals surface area contributed by atoms with Crippen LogP contribution in [0.1, 0.15) is 6.93 Å². The highest BCUT2D eigenvalue weighted by molar-refractivity contribution is 5.31. The third kappa shape index (κ3) is 1.31. The third-order valence-electron chi connectivity index (χ3n) is 1.16. The van der Waals surface area contributed by atoms with Gasteiger partial charge in [-0.05, 0) is 6.92 Å². The van der Waals surface area contributed by atoms with Crippen LogP contribution in [0, 0.1) is 17.0 Å². The van der Waals surface area contributed by atoms with Gasteiger partial charge in [0.15, 0.2) is 0 Å². The van der Waals surface area contributed by atoms with Gasteiger partial charge in [0.05, 0.1) is 6.29 Å². The number of nitro groups is 1. The number of nitro benzene ring substituents is 1. The Morgan fingerprint density at radius 1 is 1.60 bits per heavy atom. The number of aryl methyl sites for hydroxylation is 1. The summed E-state index contributed by atoms with van der Waals surface area (Å²) >= 11 is 0. The lowest BCUT2D eigenvalue weighted by molar-refractivity contribution is -0.384. The van der Waals surface area contributed by atoms with Crippen molar-refractivity contribution in [3.05, 3.63) is 39.9 Å². The van der Waals surface area contributed by atoms with E-state index >= 15 is 0 Å². The Morgan fingerprint density at radius 2 is 2.30 bits per heavy atom. The molecule has 0 saturated carbocycles. The van der Waals surface area contributed by atoms with Crippen LogP contribution >= 0.6 is 0 Å². The summed E-state index contributed by atoms with van der Waals surface area (Å²) in [4.78, 5) is 9.68. The van der Waals surface area contributed by atoms with Crippen molar-refractivity contribution in [1.82, 2.24) is 0 Å². The molecule has 1 rings (SSSR count). The van der Waals surface area contributed by atoms with E-state index in [9.17, 15) is 10.1 Å². The molecule has 0 amide bonds. The van der Waals surface area contributed by atoms with Crippen LogP contribution in [0.5, 0.6) is 0 Å². The van der Waals surface area contributed by atoms with Gasteiger partial charge in [-0.25, -0.2) is 0 Å². The van der Waals surface area contributed by atoms with Gasteiger partial charge >= 0.3 is 0 Å². The van der Waals surface area contributed by atoms with E-state index in [2.05, 4.69) is 0 Å². The van der Waals surface area contributed by atoms with Gasteiger partial charge in [-0.3, -0.25) is 10.1 Å². The number of non-ortho nitro benzene ring substituents is 1. The Bertz CT molecular complexity index is 298. The summed E-state index contributed by atoms with van der Waals surface area (Å²) in [6, 6.07) is 4.42. The molecule has 10 heavy (non-hydrogen) atoms. The minimum atomic E-state index is -0.502. The van der Waals surface area contributed by atoms with E-state index < -0.39 is 4.92 Å². The molecule has 0 unspecified atom stereocenters. The molecule has 52 valence electrons. The lowest BCUT2D eigenvalue weighted by Crippen LogP contribution is -1.86. The molecule has 0 spiro atoms. The van der Waals surface area contributed by atoms with Crippen molar-refractivity contribution < 1.29 is 6.29 Å². The monoisotopic (exact) mass is 138 g/mol. The number of benzene rings is 1. The summed E-state index contributed by atoms with van der Waals surface area (Å²) in [7, 11) is 0. The average molecular weight is 138 g/mol. The Balaban J connectivity index is 3.15. The van der Waals surface area contributed by atoms with Crippen molar-refractivity contribution in [3.8, 4) is 0 Å². The molecule has 1 aromatic rings. The van der Waals surface area contributed by atoms with Crippen molar-refractivity contribution >= 4 is 5.69 Å². The molecule has 0 radical (unpaired) electrons. The molecule has 0 aliphatic carbocycles. The van der Waals surface area contributed by atoms with Crippen LogP contribution in [-0.4, -0.2) is 4.92 Å². The van der Waals surface area contributed by atoms with Crippen molar-refractivity contribution in [3.63, 3.8) is 0 Å². The van der Waals surface area contributed by atoms with Crippen LogP contribution < -0.4 is 0 Å². The molecular formula is C7H7NO2. The Morgan fingerprint density at radius 3 is 2.80 bits per heavy atom. The summed E-state index contributed by atoms with van der Waals surface area (Å²) in [5.74, 6) is 0. The van der Waals surface area contributed by atoms with Gasteiger partial charge in [0.1, 0.15) is 0 Å². The second kappa shape index (κ2) is 2.47. The van der Waals surface area contributed by atoms with Crippen molar-refractivity contribution in [2.75, 3.05) is 0 Å². The lowest BCUT2D eigenvalue weighted by Gasteiger charge is -1.90. The fraction of sp³-hybridized carbons (Fsp3) is 0.143. The Kier molecular flexibility index (Phi) is 1.34. The molecule has 0 aromatic heterocycles. The van der Waals surface area contributed by atoms with Gasteiger partial charge in [-0.1, -0.05) is 17.7 Å². The molecule has 0 aliphatic heterocycles. The van der Waals surface area contributed by atoms with Crippen LogP contribution in [0.3, 0.4) is 0 Å².